The highest BCUT2D eigenvalue weighted by Crippen LogP contribution is 2.41. The summed E-state index contributed by atoms with van der Waals surface area (Å²) >= 11 is 0. The van der Waals surface area contributed by atoms with Crippen LogP contribution in [-0.2, 0) is 42.7 Å². The number of aliphatic hydroxyl groups is 3. The molecular weight excluding hydrogens is 726 g/mol. The Morgan fingerprint density at radius 3 is 2.23 bits per heavy atom. The summed E-state index contributed by atoms with van der Waals surface area (Å²) in [6.07, 6.45) is -6.92. The standard InChI is InChI=1S/C42H71NO13/c1-14-32(28(6)45)53-38(47)27(5)34(54-33-22-41(8,49-12)36(46)29(7)52-33)26(4)37(42(9,50-13)21-24(2)23-44)56-40-35(31(43(10)11)20-25(3)51-40)55-39(48)30-18-16-15-17-19-30/h15-19,24-29,31-37,40,44-46H,14,20-23H2,1-13H3/t24-,25-,26+,27-,28?,29+,31+,32-,33?,34+,35-,36+,37-,40?,41-,42-/m1/s1. The van der Waals surface area contributed by atoms with Gasteiger partial charge in [-0.1, -0.05) is 39.0 Å². The molecule has 16 atom stereocenters. The summed E-state index contributed by atoms with van der Waals surface area (Å²) in [5.41, 5.74) is -1.76. The Morgan fingerprint density at radius 1 is 1.05 bits per heavy atom. The minimum Gasteiger partial charge on any atom is -0.459 e. The first-order valence-corrected chi connectivity index (χ1v) is 20.1. The monoisotopic (exact) mass is 797 g/mol. The molecule has 56 heavy (non-hydrogen) atoms. The number of ether oxygens (including phenoxy) is 8. The van der Waals surface area contributed by atoms with Gasteiger partial charge >= 0.3 is 11.9 Å². The summed E-state index contributed by atoms with van der Waals surface area (Å²) in [5, 5.41) is 31.6. The van der Waals surface area contributed by atoms with Gasteiger partial charge in [0.25, 0.3) is 0 Å². The van der Waals surface area contributed by atoms with E-state index in [-0.39, 0.29) is 31.1 Å². The molecule has 3 rings (SSSR count). The molecule has 0 radical (unpaired) electrons. The molecule has 1 aromatic carbocycles. The van der Waals surface area contributed by atoms with Crippen molar-refractivity contribution < 1.29 is 62.8 Å². The summed E-state index contributed by atoms with van der Waals surface area (Å²) in [4.78, 5) is 29.6. The highest BCUT2D eigenvalue weighted by molar-refractivity contribution is 5.89. The smallest absolute Gasteiger partial charge is 0.338 e. The molecule has 2 aliphatic rings. The van der Waals surface area contributed by atoms with Crippen LogP contribution in [0.5, 0.6) is 0 Å². The van der Waals surface area contributed by atoms with Crippen molar-refractivity contribution in [3.63, 3.8) is 0 Å². The molecule has 2 fully saturated rings. The van der Waals surface area contributed by atoms with E-state index in [1.54, 1.807) is 59.1 Å². The van der Waals surface area contributed by atoms with Crippen molar-refractivity contribution in [2.24, 2.45) is 17.8 Å². The number of carbonyl (C=O) groups excluding carboxylic acids is 2. The van der Waals surface area contributed by atoms with Crippen molar-refractivity contribution >= 4 is 11.9 Å². The van der Waals surface area contributed by atoms with E-state index < -0.39 is 90.3 Å². The quantitative estimate of drug-likeness (QED) is 0.159. The van der Waals surface area contributed by atoms with Crippen molar-refractivity contribution in [2.75, 3.05) is 34.9 Å². The zero-order valence-electron chi connectivity index (χ0n) is 35.9. The maximum absolute atomic E-state index is 14.0. The van der Waals surface area contributed by atoms with E-state index in [0.29, 0.717) is 24.8 Å². The summed E-state index contributed by atoms with van der Waals surface area (Å²) in [5.74, 6) is -2.99. The molecule has 14 heteroatoms. The van der Waals surface area contributed by atoms with Gasteiger partial charge < -0.3 is 58.1 Å². The van der Waals surface area contributed by atoms with Crippen molar-refractivity contribution in [1.29, 1.82) is 0 Å². The van der Waals surface area contributed by atoms with Gasteiger partial charge in [0, 0.05) is 33.2 Å². The Kier molecular flexibility index (Phi) is 18.2. The topological polar surface area (TPSA) is 172 Å². The number of rotatable bonds is 20. The van der Waals surface area contributed by atoms with Crippen molar-refractivity contribution in [2.45, 2.75) is 167 Å². The number of hydrogen-bond donors (Lipinski definition) is 3. The zero-order chi connectivity index (χ0) is 42.1. The van der Waals surface area contributed by atoms with Crippen molar-refractivity contribution in [1.82, 2.24) is 4.90 Å². The summed E-state index contributed by atoms with van der Waals surface area (Å²) in [7, 11) is 6.90. The van der Waals surface area contributed by atoms with Crippen molar-refractivity contribution in [3.8, 4) is 0 Å². The van der Waals surface area contributed by atoms with E-state index in [9.17, 15) is 24.9 Å². The maximum Gasteiger partial charge on any atom is 0.338 e. The lowest BCUT2D eigenvalue weighted by atomic mass is 9.77. The molecule has 3 N–H and O–H groups in total. The third-order valence-electron chi connectivity index (χ3n) is 11.8. The second kappa shape index (κ2) is 21.1. The van der Waals surface area contributed by atoms with Crippen LogP contribution in [0.1, 0.15) is 98.4 Å². The van der Waals surface area contributed by atoms with Gasteiger partial charge in [0.05, 0.1) is 59.2 Å². The summed E-state index contributed by atoms with van der Waals surface area (Å²) < 4.78 is 50.8. The van der Waals surface area contributed by atoms with Gasteiger partial charge in [-0.05, 0) is 93.0 Å². The van der Waals surface area contributed by atoms with Crippen molar-refractivity contribution in [3.05, 3.63) is 35.9 Å². The Hall–Kier alpha value is -2.24. The molecule has 2 saturated heterocycles. The lowest BCUT2D eigenvalue weighted by molar-refractivity contribution is -0.319. The highest BCUT2D eigenvalue weighted by atomic mass is 16.7. The van der Waals surface area contributed by atoms with Gasteiger partial charge in [-0.3, -0.25) is 4.79 Å². The zero-order valence-corrected chi connectivity index (χ0v) is 35.9. The first kappa shape index (κ1) is 48.1. The lowest BCUT2D eigenvalue weighted by Gasteiger charge is -2.50. The molecule has 1 aromatic rings. The summed E-state index contributed by atoms with van der Waals surface area (Å²) in [6, 6.07) is 8.42. The van der Waals surface area contributed by atoms with Crippen LogP contribution in [0.3, 0.4) is 0 Å². The Morgan fingerprint density at radius 2 is 1.70 bits per heavy atom. The number of benzene rings is 1. The maximum atomic E-state index is 14.0. The average molecular weight is 798 g/mol. The third-order valence-corrected chi connectivity index (χ3v) is 11.8. The molecular formula is C42H71NO13. The number of esters is 2. The number of likely N-dealkylation sites (N-methyl/N-ethyl adjacent to an activating group) is 1. The highest BCUT2D eigenvalue weighted by Gasteiger charge is 2.52. The minimum atomic E-state index is -1.12. The van der Waals surface area contributed by atoms with Gasteiger partial charge in [0.15, 0.2) is 18.7 Å². The Balaban J connectivity index is 2.17. The van der Waals surface area contributed by atoms with Gasteiger partial charge in [-0.25, -0.2) is 4.79 Å². The normalized spacial score (nSPS) is 32.0. The molecule has 3 unspecified atom stereocenters. The predicted octanol–water partition coefficient (Wildman–Crippen LogP) is 4.35. The Bertz CT molecular complexity index is 1350. The lowest BCUT2D eigenvalue weighted by Crippen LogP contribution is -2.61. The van der Waals surface area contributed by atoms with Crippen LogP contribution < -0.4 is 0 Å². The molecule has 2 aliphatic heterocycles. The van der Waals surface area contributed by atoms with E-state index in [4.69, 9.17) is 37.9 Å². The number of aliphatic hydroxyl groups excluding tert-OH is 3. The second-order valence-corrected chi connectivity index (χ2v) is 16.7. The number of hydrogen-bond acceptors (Lipinski definition) is 14. The molecule has 0 aromatic heterocycles. The predicted molar refractivity (Wildman–Crippen MR) is 209 cm³/mol. The second-order valence-electron chi connectivity index (χ2n) is 16.7. The van der Waals surface area contributed by atoms with E-state index in [0.717, 1.165) is 0 Å². The fourth-order valence-corrected chi connectivity index (χ4v) is 8.12. The molecule has 14 nitrogen and oxygen atoms in total. The minimum absolute atomic E-state index is 0.122. The van der Waals surface area contributed by atoms with Crippen LogP contribution in [0.15, 0.2) is 30.3 Å². The first-order valence-electron chi connectivity index (χ1n) is 20.1. The molecule has 0 bridgehead atoms. The molecule has 0 saturated carbocycles. The number of carbonyl (C=O) groups is 2. The van der Waals surface area contributed by atoms with Crippen LogP contribution >= 0.6 is 0 Å². The number of nitrogens with zero attached hydrogens (tertiary/aromatic N) is 1. The molecule has 0 amide bonds. The fraction of sp³-hybridized carbons (Fsp3) is 0.810. The SMILES string of the molecule is CC[C@@H](OC(=O)[C@H](C)[C@@H](OC1C[C@@](C)(OC)[C@@H](O)[C@H](C)O1)[C@H](C)[C@@H](OC1O[C@H](C)C[C@H](N(C)C)[C@H]1OC(=O)c1ccccc1)[C@@](C)(C[C@@H](C)CO)OC)C(C)O. The largest absolute Gasteiger partial charge is 0.459 e. The van der Waals surface area contributed by atoms with E-state index >= 15 is 0 Å². The molecule has 322 valence electrons. The van der Waals surface area contributed by atoms with Crippen LogP contribution in [0.2, 0.25) is 0 Å². The molecule has 0 spiro atoms. The molecule has 2 heterocycles. The fourth-order valence-electron chi connectivity index (χ4n) is 8.12. The number of methoxy groups -OCH3 is 2. The van der Waals surface area contributed by atoms with Crippen LogP contribution in [0.25, 0.3) is 0 Å². The van der Waals surface area contributed by atoms with Gasteiger partial charge in [0.1, 0.15) is 12.2 Å². The van der Waals surface area contributed by atoms with Gasteiger partial charge in [-0.15, -0.1) is 0 Å². The van der Waals surface area contributed by atoms with Crippen LogP contribution in [0, 0.1) is 17.8 Å². The molecule has 0 aliphatic carbocycles. The van der Waals surface area contributed by atoms with E-state index in [2.05, 4.69) is 0 Å². The summed E-state index contributed by atoms with van der Waals surface area (Å²) in [6.45, 7) is 16.1. The van der Waals surface area contributed by atoms with E-state index in [1.807, 2.05) is 59.7 Å². The van der Waals surface area contributed by atoms with Gasteiger partial charge in [0.2, 0.25) is 0 Å². The van der Waals surface area contributed by atoms with Crippen LogP contribution in [0.4, 0.5) is 0 Å². The van der Waals surface area contributed by atoms with Crippen LogP contribution in [-0.4, -0.2) is 146 Å². The van der Waals surface area contributed by atoms with E-state index in [1.165, 1.54) is 7.11 Å². The average Bonchev–Trinajstić information content (AvgIpc) is 3.16. The Labute approximate surface area is 334 Å². The first-order chi connectivity index (χ1) is 26.2. The van der Waals surface area contributed by atoms with Gasteiger partial charge in [-0.2, -0.15) is 0 Å². The third kappa shape index (κ3) is 11.9.